The summed E-state index contributed by atoms with van der Waals surface area (Å²) in [5.41, 5.74) is 5.51. The number of carbonyl (C=O) groups is 9. The number of hydrogen-bond donors (Lipinski definition) is 9. The molecular weight excluding hydrogens is 997 g/mol. The van der Waals surface area contributed by atoms with E-state index in [4.69, 9.17) is 0 Å². The Morgan fingerprint density at radius 3 is 0.863 bits per heavy atom. The number of amides is 6. The Morgan fingerprint density at radius 1 is 0.384 bits per heavy atom. The highest BCUT2D eigenvalue weighted by atomic mass is 32.1. The standard InChI is InChI=1S/C52H52N6O12S3/c59-43(25-31-19-22-71-28-31)56-40(13-16-46(62)63)50(68)53-37-7-1-34(2-8-37)49(35-3-9-38(10-4-35)54-51(69)41(14-17-47(64)65)57-44(60)26-32-20-23-72-29-32)36-5-11-39(12-6-36)55-52(70)42(15-18-48(66)67)58-45(61)27-33-21-24-73-30-33/h1-12,19-24,28-30,40-42,49H,13-18,25-27H2,(H,53,68)(H,54,69)(H,55,70)(H,56,59)(H,57,60)(H,58,61)(H,62,63)(H,64,65)(H,66,67)/t40-,41-,42-/m0/s1. The zero-order chi connectivity index (χ0) is 52.3. The van der Waals surface area contributed by atoms with Crippen molar-refractivity contribution in [2.24, 2.45) is 0 Å². The molecule has 0 aliphatic heterocycles. The number of benzene rings is 3. The highest BCUT2D eigenvalue weighted by Crippen LogP contribution is 2.34. The van der Waals surface area contributed by atoms with Crippen LogP contribution in [-0.4, -0.2) is 86.8 Å². The minimum atomic E-state index is -1.14. The fraction of sp³-hybridized carbons (Fsp3) is 0.250. The number of carboxylic acids is 3. The molecule has 3 atom stereocenters. The quantitative estimate of drug-likeness (QED) is 0.0245. The van der Waals surface area contributed by atoms with Gasteiger partial charge in [-0.05, 0) is 140 Å². The maximum absolute atomic E-state index is 13.5. The summed E-state index contributed by atoms with van der Waals surface area (Å²) >= 11 is 4.25. The van der Waals surface area contributed by atoms with Crippen molar-refractivity contribution in [3.8, 4) is 0 Å². The summed E-state index contributed by atoms with van der Waals surface area (Å²) in [6, 6.07) is 22.4. The molecule has 3 aromatic carbocycles. The SMILES string of the molecule is O=C(O)CC[C@H](NC(=O)Cc1ccsc1)C(=O)Nc1ccc(C(c2ccc(NC(=O)[C@H](CCC(=O)O)NC(=O)Cc3ccsc3)cc2)c2ccc(NC(=O)[C@H](CCC(=O)O)NC(=O)Cc3ccsc3)cc2)cc1. The second-order valence-corrected chi connectivity index (χ2v) is 19.2. The predicted molar refractivity (Wildman–Crippen MR) is 277 cm³/mol. The Hall–Kier alpha value is -8.01. The molecule has 9 N–H and O–H groups in total. The lowest BCUT2D eigenvalue weighted by Gasteiger charge is -2.22. The molecule has 0 spiro atoms. The number of rotatable bonds is 27. The zero-order valence-electron chi connectivity index (χ0n) is 39.0. The second-order valence-electron chi connectivity index (χ2n) is 16.8. The number of carboxylic acid groups (broad SMARTS) is 3. The highest BCUT2D eigenvalue weighted by Gasteiger charge is 2.26. The van der Waals surface area contributed by atoms with Gasteiger partial charge in [-0.15, -0.1) is 0 Å². The van der Waals surface area contributed by atoms with E-state index in [0.717, 1.165) is 33.4 Å². The average molecular weight is 1050 g/mol. The van der Waals surface area contributed by atoms with Crippen LogP contribution in [0.15, 0.2) is 123 Å². The van der Waals surface area contributed by atoms with Gasteiger partial charge in [-0.3, -0.25) is 43.2 Å². The van der Waals surface area contributed by atoms with Crippen molar-refractivity contribution in [1.82, 2.24) is 16.0 Å². The van der Waals surface area contributed by atoms with E-state index in [-0.39, 0.29) is 57.8 Å². The third-order valence-corrected chi connectivity index (χ3v) is 13.5. The summed E-state index contributed by atoms with van der Waals surface area (Å²) in [7, 11) is 0. The van der Waals surface area contributed by atoms with Crippen molar-refractivity contribution in [3.63, 3.8) is 0 Å². The third kappa shape index (κ3) is 17.7. The minimum absolute atomic E-state index is 0.0147. The van der Waals surface area contributed by atoms with Crippen LogP contribution >= 0.6 is 34.0 Å². The van der Waals surface area contributed by atoms with Crippen LogP contribution in [0.1, 0.15) is 77.8 Å². The fourth-order valence-corrected chi connectivity index (χ4v) is 9.63. The smallest absolute Gasteiger partial charge is 0.303 e. The molecule has 0 fully saturated rings. The van der Waals surface area contributed by atoms with Gasteiger partial charge in [-0.1, -0.05) is 36.4 Å². The van der Waals surface area contributed by atoms with E-state index in [2.05, 4.69) is 31.9 Å². The van der Waals surface area contributed by atoms with Crippen LogP contribution in [0.25, 0.3) is 0 Å². The van der Waals surface area contributed by atoms with Crippen molar-refractivity contribution < 1.29 is 58.5 Å². The Balaban J connectivity index is 1.22. The molecule has 3 heterocycles. The van der Waals surface area contributed by atoms with E-state index in [1.54, 1.807) is 107 Å². The Morgan fingerprint density at radius 2 is 0.644 bits per heavy atom. The van der Waals surface area contributed by atoms with E-state index in [0.29, 0.717) is 17.1 Å². The highest BCUT2D eigenvalue weighted by molar-refractivity contribution is 7.08. The van der Waals surface area contributed by atoms with Crippen molar-refractivity contribution in [3.05, 3.63) is 157 Å². The van der Waals surface area contributed by atoms with Gasteiger partial charge < -0.3 is 47.2 Å². The Bertz CT molecular complexity index is 2530. The van der Waals surface area contributed by atoms with E-state index in [9.17, 15) is 58.5 Å². The number of anilines is 3. The maximum atomic E-state index is 13.5. The normalized spacial score (nSPS) is 12.1. The zero-order valence-corrected chi connectivity index (χ0v) is 41.5. The van der Waals surface area contributed by atoms with Gasteiger partial charge in [0.2, 0.25) is 35.4 Å². The van der Waals surface area contributed by atoms with Gasteiger partial charge in [0.15, 0.2) is 0 Å². The fourth-order valence-electron chi connectivity index (χ4n) is 7.62. The van der Waals surface area contributed by atoms with Gasteiger partial charge in [-0.2, -0.15) is 34.0 Å². The molecule has 6 aromatic rings. The molecule has 0 saturated carbocycles. The first-order chi connectivity index (χ1) is 35.1. The van der Waals surface area contributed by atoms with Gasteiger partial charge in [0, 0.05) is 42.2 Å². The summed E-state index contributed by atoms with van der Waals surface area (Å²) in [6.07, 6.45) is -1.49. The molecule has 0 unspecified atom stereocenters. The molecule has 380 valence electrons. The summed E-state index contributed by atoms with van der Waals surface area (Å²) in [4.78, 5) is 113. The number of thiophene rings is 3. The van der Waals surface area contributed by atoms with E-state index < -0.39 is 77.4 Å². The van der Waals surface area contributed by atoms with Crippen LogP contribution in [0.4, 0.5) is 17.1 Å². The molecule has 0 radical (unpaired) electrons. The van der Waals surface area contributed by atoms with Crippen LogP contribution < -0.4 is 31.9 Å². The molecule has 21 heteroatoms. The van der Waals surface area contributed by atoms with Crippen LogP contribution in [0.5, 0.6) is 0 Å². The second kappa shape index (κ2) is 27.0. The lowest BCUT2D eigenvalue weighted by atomic mass is 9.85. The molecule has 6 amide bonds. The van der Waals surface area contributed by atoms with Gasteiger partial charge in [0.25, 0.3) is 0 Å². The van der Waals surface area contributed by atoms with E-state index >= 15 is 0 Å². The molecule has 0 aliphatic carbocycles. The number of aliphatic carboxylic acids is 3. The lowest BCUT2D eigenvalue weighted by Crippen LogP contribution is -2.44. The van der Waals surface area contributed by atoms with Crippen molar-refractivity contribution in [2.45, 2.75) is 81.8 Å². The van der Waals surface area contributed by atoms with Crippen LogP contribution in [-0.2, 0) is 62.4 Å². The molecule has 0 saturated heterocycles. The van der Waals surface area contributed by atoms with E-state index in [1.165, 1.54) is 34.0 Å². The minimum Gasteiger partial charge on any atom is -0.481 e. The van der Waals surface area contributed by atoms with Gasteiger partial charge in [-0.25, -0.2) is 0 Å². The summed E-state index contributed by atoms with van der Waals surface area (Å²) in [5, 5.41) is 55.2. The first-order valence-corrected chi connectivity index (χ1v) is 25.7. The van der Waals surface area contributed by atoms with Gasteiger partial charge in [0.05, 0.1) is 19.3 Å². The molecule has 0 aliphatic rings. The first kappa shape index (κ1) is 54.3. The first-order valence-electron chi connectivity index (χ1n) is 22.9. The molecule has 3 aromatic heterocycles. The van der Waals surface area contributed by atoms with Crippen LogP contribution in [0.2, 0.25) is 0 Å². The predicted octanol–water partition coefficient (Wildman–Crippen LogP) is 6.64. The summed E-state index contributed by atoms with van der Waals surface area (Å²) in [5.74, 6) is -7.07. The molecule has 18 nitrogen and oxygen atoms in total. The number of carbonyl (C=O) groups excluding carboxylic acids is 6. The van der Waals surface area contributed by atoms with Crippen LogP contribution in [0.3, 0.4) is 0 Å². The van der Waals surface area contributed by atoms with Crippen molar-refractivity contribution in [1.29, 1.82) is 0 Å². The molecule has 6 rings (SSSR count). The maximum Gasteiger partial charge on any atom is 0.303 e. The third-order valence-electron chi connectivity index (χ3n) is 11.3. The molecule has 0 bridgehead atoms. The molecule has 73 heavy (non-hydrogen) atoms. The molecular formula is C52H52N6O12S3. The van der Waals surface area contributed by atoms with Crippen molar-refractivity contribution in [2.75, 3.05) is 16.0 Å². The largest absolute Gasteiger partial charge is 0.481 e. The van der Waals surface area contributed by atoms with Gasteiger partial charge in [0.1, 0.15) is 18.1 Å². The topological polar surface area (TPSA) is 286 Å². The lowest BCUT2D eigenvalue weighted by molar-refractivity contribution is -0.138. The summed E-state index contributed by atoms with van der Waals surface area (Å²) in [6.45, 7) is 0. The number of nitrogens with one attached hydrogen (secondary N) is 6. The Kier molecular flexibility index (Phi) is 20.1. The average Bonchev–Trinajstić information content (AvgIpc) is 4.18. The number of hydrogen-bond acceptors (Lipinski definition) is 12. The monoisotopic (exact) mass is 1050 g/mol. The van der Waals surface area contributed by atoms with Crippen LogP contribution in [0, 0.1) is 0 Å². The van der Waals surface area contributed by atoms with Crippen molar-refractivity contribution >= 4 is 104 Å². The van der Waals surface area contributed by atoms with Gasteiger partial charge >= 0.3 is 17.9 Å². The Labute approximate surface area is 431 Å². The van der Waals surface area contributed by atoms with E-state index in [1.807, 2.05) is 16.1 Å². The summed E-state index contributed by atoms with van der Waals surface area (Å²) < 4.78 is 0.